The Bertz CT molecular complexity index is 3270. The van der Waals surface area contributed by atoms with Crippen LogP contribution in [0.4, 0.5) is 4.39 Å². The van der Waals surface area contributed by atoms with Crippen LogP contribution in [0.1, 0.15) is 168 Å². The number of hydrogen-bond donors (Lipinski definition) is 0. The van der Waals surface area contributed by atoms with Gasteiger partial charge in [0.25, 0.3) is 0 Å². The fourth-order valence-electron chi connectivity index (χ4n) is 12.7. The van der Waals surface area contributed by atoms with Crippen molar-refractivity contribution in [2.45, 2.75) is 213 Å². The van der Waals surface area contributed by atoms with Crippen LogP contribution in [-0.4, -0.2) is 85.7 Å². The van der Waals surface area contributed by atoms with Gasteiger partial charge in [-0.05, 0) is 200 Å². The van der Waals surface area contributed by atoms with Gasteiger partial charge in [0, 0.05) is 47.6 Å². The number of rotatable bonds is 16. The van der Waals surface area contributed by atoms with Gasteiger partial charge >= 0.3 is 13.1 Å². The second kappa shape index (κ2) is 27.1. The van der Waals surface area contributed by atoms with Gasteiger partial charge in [0.05, 0.1) is 51.2 Å². The van der Waals surface area contributed by atoms with E-state index in [1.54, 1.807) is 6.07 Å². The zero-order chi connectivity index (χ0) is 62.4. The highest BCUT2D eigenvalue weighted by molar-refractivity contribution is 6.70. The number of hydrogen-bond acceptors (Lipinski definition) is 8. The molecule has 85 heavy (non-hydrogen) atoms. The summed E-state index contributed by atoms with van der Waals surface area (Å²) in [5.41, 5.74) is 13.4. The molecule has 3 aliphatic rings. The van der Waals surface area contributed by atoms with Crippen LogP contribution in [-0.2, 0) is 54.4 Å². The highest BCUT2D eigenvalue weighted by atomic mass is 28.4. The average Bonchev–Trinajstić information content (AvgIpc) is 2.32. The van der Waals surface area contributed by atoms with E-state index in [0.29, 0.717) is 32.0 Å². The van der Waals surface area contributed by atoms with Crippen molar-refractivity contribution < 1.29 is 41.6 Å². The van der Waals surface area contributed by atoms with Gasteiger partial charge in [0.15, 0.2) is 16.6 Å². The zero-order valence-electron chi connectivity index (χ0n) is 55.1. The molecule has 0 spiro atoms. The molecular weight excluding hydrogens is 1090 g/mol. The molecule has 0 aromatic heterocycles. The monoisotopic (exact) mass is 1190 g/mol. The Morgan fingerprint density at radius 3 is 1.33 bits per heavy atom. The molecule has 0 bridgehead atoms. The second-order valence-corrected chi connectivity index (χ2v) is 35.9. The number of carbonyl (C=O) groups excluding carboxylic acids is 1. The molecule has 0 aliphatic carbocycles. The standard InChI is InChI=1S/C38H47FO4Si.C35H51BO4Si/c1-9-38(10-2,33-15-16-34(28(4)24-33)30-11-12-31(35(39)25-30)26-36(40)41-5)32-14-13-29(27(3)23-32)17-18-37(43-44(6,7)8)19-21-42-22-20-37;1-12-35(13-2,30-16-17-31(27(4)25-30)36-38-32(5,6)33(7,8)39-36)29-15-14-28(26(3)24-29)18-19-34(40-41(9,10)11)20-22-37-23-21-34/h11-16,23-25H,9-10,19-22,26H2,1-8H3;14-17,24-25H,12-13,20-23H2,1-11H3. The molecule has 0 atom stereocenters. The molecular formula is C73H98BFO8Si2. The van der Waals surface area contributed by atoms with Crippen LogP contribution >= 0.6 is 0 Å². The summed E-state index contributed by atoms with van der Waals surface area (Å²) in [5.74, 6) is 13.3. The van der Waals surface area contributed by atoms with Gasteiger partial charge < -0.3 is 32.4 Å². The first-order valence-electron chi connectivity index (χ1n) is 31.2. The summed E-state index contributed by atoms with van der Waals surface area (Å²) >= 11 is 0. The lowest BCUT2D eigenvalue weighted by Crippen LogP contribution is -2.45. The zero-order valence-corrected chi connectivity index (χ0v) is 57.1. The predicted octanol–water partition coefficient (Wildman–Crippen LogP) is 16.1. The van der Waals surface area contributed by atoms with E-state index in [2.05, 4.69) is 219 Å². The number of methoxy groups -OCH3 is 1. The number of benzene rings is 5. The van der Waals surface area contributed by atoms with Crippen LogP contribution in [0.3, 0.4) is 0 Å². The van der Waals surface area contributed by atoms with Crippen molar-refractivity contribution in [3.05, 3.63) is 158 Å². The largest absolute Gasteiger partial charge is 0.495 e. The van der Waals surface area contributed by atoms with Gasteiger partial charge in [0.2, 0.25) is 0 Å². The summed E-state index contributed by atoms with van der Waals surface area (Å²) in [6.07, 6.45) is 7.09. The third kappa shape index (κ3) is 15.6. The van der Waals surface area contributed by atoms with Crippen molar-refractivity contribution in [1.29, 1.82) is 0 Å². The lowest BCUT2D eigenvalue weighted by molar-refractivity contribution is -0.139. The molecule has 3 heterocycles. The third-order valence-corrected chi connectivity index (χ3v) is 20.5. The van der Waals surface area contributed by atoms with Crippen LogP contribution in [0, 0.1) is 57.2 Å². The molecule has 0 unspecified atom stereocenters. The quantitative estimate of drug-likeness (QED) is 0.0549. The van der Waals surface area contributed by atoms with Crippen molar-refractivity contribution >= 4 is 35.2 Å². The molecule has 0 saturated carbocycles. The Morgan fingerprint density at radius 1 is 0.565 bits per heavy atom. The summed E-state index contributed by atoms with van der Waals surface area (Å²) in [7, 11) is -2.58. The van der Waals surface area contributed by atoms with Gasteiger partial charge in [-0.3, -0.25) is 4.79 Å². The van der Waals surface area contributed by atoms with Crippen molar-refractivity contribution in [3.8, 4) is 34.8 Å². The van der Waals surface area contributed by atoms with Crippen LogP contribution in [0.15, 0.2) is 91.0 Å². The van der Waals surface area contributed by atoms with Gasteiger partial charge in [-0.2, -0.15) is 0 Å². The van der Waals surface area contributed by atoms with E-state index in [0.717, 1.165) is 90.2 Å². The minimum Gasteiger partial charge on any atom is -0.469 e. The Kier molecular flexibility index (Phi) is 21.5. The lowest BCUT2D eigenvalue weighted by atomic mass is 9.68. The molecule has 0 N–H and O–H groups in total. The molecule has 12 heteroatoms. The second-order valence-electron chi connectivity index (χ2n) is 27.0. The van der Waals surface area contributed by atoms with Crippen LogP contribution in [0.25, 0.3) is 11.1 Å². The number of aryl methyl sites for hydroxylation is 4. The number of carbonyl (C=O) groups is 1. The molecule has 5 aromatic rings. The van der Waals surface area contributed by atoms with Crippen molar-refractivity contribution in [2.24, 2.45) is 0 Å². The summed E-state index contributed by atoms with van der Waals surface area (Å²) < 4.78 is 56.9. The Labute approximate surface area is 513 Å². The minimum atomic E-state index is -1.79. The fourth-order valence-corrected chi connectivity index (χ4v) is 15.5. The summed E-state index contributed by atoms with van der Waals surface area (Å²) in [6.45, 7) is 42.3. The maximum absolute atomic E-state index is 14.9. The topological polar surface area (TPSA) is 81.7 Å². The van der Waals surface area contributed by atoms with E-state index in [-0.39, 0.29) is 35.6 Å². The Morgan fingerprint density at radius 2 is 0.965 bits per heavy atom. The van der Waals surface area contributed by atoms with Crippen molar-refractivity contribution in [1.82, 2.24) is 0 Å². The molecule has 0 amide bonds. The maximum Gasteiger partial charge on any atom is 0.495 e. The average molecular weight is 1190 g/mol. The molecule has 3 aliphatic heterocycles. The lowest BCUT2D eigenvalue weighted by Gasteiger charge is -2.38. The van der Waals surface area contributed by atoms with Crippen molar-refractivity contribution in [3.63, 3.8) is 0 Å². The van der Waals surface area contributed by atoms with Gasteiger partial charge in [-0.1, -0.05) is 130 Å². The summed E-state index contributed by atoms with van der Waals surface area (Å²) in [4.78, 5) is 11.6. The van der Waals surface area contributed by atoms with E-state index in [4.69, 9.17) is 32.4 Å². The van der Waals surface area contributed by atoms with Crippen LogP contribution in [0.5, 0.6) is 0 Å². The molecule has 8 rings (SSSR count). The number of halogens is 1. The van der Waals surface area contributed by atoms with E-state index < -0.39 is 39.6 Å². The molecule has 8 nitrogen and oxygen atoms in total. The fraction of sp³-hybridized carbons (Fsp3) is 0.521. The first-order valence-corrected chi connectivity index (χ1v) is 38.0. The van der Waals surface area contributed by atoms with E-state index in [9.17, 15) is 9.18 Å². The number of ether oxygens (including phenoxy) is 3. The molecule has 3 saturated heterocycles. The van der Waals surface area contributed by atoms with Crippen LogP contribution in [0.2, 0.25) is 39.3 Å². The van der Waals surface area contributed by atoms with Gasteiger partial charge in [-0.25, -0.2) is 4.39 Å². The van der Waals surface area contributed by atoms with Crippen LogP contribution < -0.4 is 5.46 Å². The highest BCUT2D eigenvalue weighted by Crippen LogP contribution is 2.44. The van der Waals surface area contributed by atoms with Crippen molar-refractivity contribution in [2.75, 3.05) is 33.5 Å². The van der Waals surface area contributed by atoms with Gasteiger partial charge in [-0.15, -0.1) is 0 Å². The number of esters is 1. The summed E-state index contributed by atoms with van der Waals surface area (Å²) in [5, 5.41) is 0. The van der Waals surface area contributed by atoms with E-state index in [1.807, 2.05) is 6.07 Å². The highest BCUT2D eigenvalue weighted by Gasteiger charge is 2.52. The third-order valence-electron chi connectivity index (χ3n) is 18.5. The summed E-state index contributed by atoms with van der Waals surface area (Å²) in [6, 6.07) is 32.0. The minimum absolute atomic E-state index is 0.0814. The Balaban J connectivity index is 0.000000244. The SMILES string of the molecule is CCC(CC)(c1ccc(C#CC2(O[Si](C)(C)C)CCOCC2)c(C)c1)c1ccc(-c2ccc(CC(=O)OC)c(F)c2)c(C)c1.CCC(CC)(c1ccc(C#CC2(O[Si](C)(C)C)CCOCC2)c(C)c1)c1ccc(B2OC(C)(C)C(C)(C)O2)c(C)c1. The molecule has 3 fully saturated rings. The maximum atomic E-state index is 14.9. The molecule has 0 radical (unpaired) electrons. The molecule has 5 aromatic carbocycles. The van der Waals surface area contributed by atoms with Gasteiger partial charge in [0.1, 0.15) is 17.0 Å². The Hall–Kier alpha value is -5.12. The normalized spacial score (nSPS) is 17.4. The smallest absolute Gasteiger partial charge is 0.469 e. The van der Waals surface area contributed by atoms with E-state index >= 15 is 0 Å². The molecule has 456 valence electrons. The van der Waals surface area contributed by atoms with E-state index in [1.165, 1.54) is 46.6 Å². The first kappa shape index (κ1) is 67.4. The predicted molar refractivity (Wildman–Crippen MR) is 352 cm³/mol. The first-order chi connectivity index (χ1) is 39.9.